The second kappa shape index (κ2) is 27.0. The summed E-state index contributed by atoms with van der Waals surface area (Å²) in [5.41, 5.74) is 4.38. The van der Waals surface area contributed by atoms with Gasteiger partial charge in [0.1, 0.15) is 11.5 Å². The van der Waals surface area contributed by atoms with E-state index in [1.807, 2.05) is 129 Å². The molecule has 1 aromatic heterocycles. The summed E-state index contributed by atoms with van der Waals surface area (Å²) in [5.74, 6) is -1.61. The number of carbonyl (C=O) groups excluding carboxylic acids is 2. The van der Waals surface area contributed by atoms with Gasteiger partial charge in [-0.05, 0) is 127 Å². The van der Waals surface area contributed by atoms with Crippen LogP contribution in [-0.4, -0.2) is 64.6 Å². The Balaban J connectivity index is 0.000000172. The van der Waals surface area contributed by atoms with Crippen molar-refractivity contribution in [2.75, 3.05) is 27.3 Å². The summed E-state index contributed by atoms with van der Waals surface area (Å²) in [6.45, 7) is 10.4. The fraction of sp³-hybridized carbons (Fsp3) is 0.258. The highest BCUT2D eigenvalue weighted by Crippen LogP contribution is 2.46. The maximum atomic E-state index is 12.9. The number of aromatic hydroxyl groups is 2. The number of phenols is 2. The summed E-state index contributed by atoms with van der Waals surface area (Å²) < 4.78 is 10.4. The van der Waals surface area contributed by atoms with Crippen LogP contribution in [0.3, 0.4) is 0 Å². The molecule has 390 valence electrons. The predicted octanol–water partition coefficient (Wildman–Crippen LogP) is 13.8. The molecule has 0 spiro atoms. The van der Waals surface area contributed by atoms with Crippen LogP contribution in [0.4, 0.5) is 5.69 Å². The van der Waals surface area contributed by atoms with Crippen LogP contribution < -0.4 is 5.32 Å². The van der Waals surface area contributed by atoms with Crippen molar-refractivity contribution >= 4 is 61.3 Å². The monoisotopic (exact) mass is 1030 g/mol. The number of rotatable bonds is 13. The number of aliphatic hydroxyl groups is 2. The van der Waals surface area contributed by atoms with E-state index in [2.05, 4.69) is 17.4 Å². The lowest BCUT2D eigenvalue weighted by Crippen LogP contribution is -2.27. The molecular formula is C62H66N2O10S. The van der Waals surface area contributed by atoms with Gasteiger partial charge in [0, 0.05) is 38.8 Å². The van der Waals surface area contributed by atoms with Gasteiger partial charge in [0.05, 0.1) is 36.8 Å². The number of aliphatic hydroxyl groups excluding tert-OH is 2. The number of nitrogens with one attached hydrogen (secondary N) is 1. The van der Waals surface area contributed by atoms with Crippen molar-refractivity contribution in [2.45, 2.75) is 72.0 Å². The van der Waals surface area contributed by atoms with Crippen molar-refractivity contribution < 1.29 is 44.4 Å². The van der Waals surface area contributed by atoms with E-state index in [0.29, 0.717) is 23.1 Å². The number of para-hydroxylation sites is 1. The van der Waals surface area contributed by atoms with Crippen LogP contribution in [0.5, 0.6) is 11.5 Å². The van der Waals surface area contributed by atoms with Crippen molar-refractivity contribution in [3.63, 3.8) is 0 Å². The zero-order valence-electron chi connectivity index (χ0n) is 43.4. The van der Waals surface area contributed by atoms with Crippen LogP contribution >= 0.6 is 11.3 Å². The number of hydrogen-bond acceptors (Lipinski definition) is 12. The van der Waals surface area contributed by atoms with Crippen molar-refractivity contribution in [1.29, 1.82) is 0 Å². The van der Waals surface area contributed by atoms with Gasteiger partial charge >= 0.3 is 11.9 Å². The van der Waals surface area contributed by atoms with Crippen LogP contribution in [-0.2, 0) is 19.1 Å². The lowest BCUT2D eigenvalue weighted by molar-refractivity contribution is -0.385. The topological polar surface area (TPSA) is 189 Å². The van der Waals surface area contributed by atoms with E-state index in [9.17, 15) is 40.1 Å². The summed E-state index contributed by atoms with van der Waals surface area (Å²) in [7, 11) is 3.18. The lowest BCUT2D eigenvalue weighted by atomic mass is 9.74. The lowest BCUT2D eigenvalue weighted by Gasteiger charge is -2.29. The minimum Gasteiger partial charge on any atom is -0.507 e. The predicted molar refractivity (Wildman–Crippen MR) is 301 cm³/mol. The van der Waals surface area contributed by atoms with Crippen LogP contribution in [0.1, 0.15) is 88.0 Å². The van der Waals surface area contributed by atoms with Gasteiger partial charge in [0.15, 0.2) is 0 Å². The number of phenolic OH excluding ortho intramolecular Hbond substituents is 2. The second-order valence-electron chi connectivity index (χ2n) is 18.7. The van der Waals surface area contributed by atoms with Crippen LogP contribution in [0.2, 0.25) is 0 Å². The summed E-state index contributed by atoms with van der Waals surface area (Å²) in [6, 6.07) is 47.1. The van der Waals surface area contributed by atoms with E-state index in [0.717, 1.165) is 56.9 Å². The molecule has 5 N–H and O–H groups in total. The minimum absolute atomic E-state index is 0.135. The molecular weight excluding hydrogens is 965 g/mol. The number of esters is 2. The molecule has 0 bridgehead atoms. The molecule has 75 heavy (non-hydrogen) atoms. The van der Waals surface area contributed by atoms with Crippen molar-refractivity contribution in [3.8, 4) is 22.6 Å². The number of nitro groups is 1. The van der Waals surface area contributed by atoms with E-state index in [1.165, 1.54) is 23.9 Å². The number of allylic oxidation sites excluding steroid dienone is 2. The first-order chi connectivity index (χ1) is 36.1. The van der Waals surface area contributed by atoms with Gasteiger partial charge in [-0.25, -0.2) is 9.59 Å². The van der Waals surface area contributed by atoms with Crippen LogP contribution in [0.15, 0.2) is 179 Å². The molecule has 0 saturated carbocycles. The number of carbonyl (C=O) groups is 2. The minimum atomic E-state index is -0.914. The van der Waals surface area contributed by atoms with Gasteiger partial charge in [0.2, 0.25) is 0 Å². The highest BCUT2D eigenvalue weighted by molar-refractivity contribution is 7.10. The summed E-state index contributed by atoms with van der Waals surface area (Å²) in [6.07, 6.45) is 1.62. The van der Waals surface area contributed by atoms with Gasteiger partial charge in [-0.3, -0.25) is 10.1 Å². The number of ether oxygens (including phenoxy) is 2. The molecule has 1 heterocycles. The molecule has 0 aliphatic heterocycles. The van der Waals surface area contributed by atoms with Gasteiger partial charge in [-0.2, -0.15) is 0 Å². The van der Waals surface area contributed by atoms with Gasteiger partial charge in [-0.15, -0.1) is 11.3 Å². The first-order valence-electron chi connectivity index (χ1n) is 24.9. The maximum absolute atomic E-state index is 12.9. The highest BCUT2D eigenvalue weighted by atomic mass is 32.1. The fourth-order valence-electron chi connectivity index (χ4n) is 9.06. The van der Waals surface area contributed by atoms with E-state index >= 15 is 0 Å². The molecule has 3 unspecified atom stereocenters. The highest BCUT2D eigenvalue weighted by Gasteiger charge is 2.40. The quantitative estimate of drug-likeness (QED) is 0.0320. The van der Waals surface area contributed by atoms with Gasteiger partial charge in [-0.1, -0.05) is 146 Å². The Bertz CT molecular complexity index is 3220. The molecule has 0 amide bonds. The molecule has 0 saturated heterocycles. The smallest absolute Gasteiger partial charge is 0.334 e. The number of benzene rings is 7. The number of hydrogen-bond donors (Lipinski definition) is 5. The number of thiophene rings is 1. The molecule has 13 heteroatoms. The number of methoxy groups -OCH3 is 1. The molecule has 1 aliphatic rings. The van der Waals surface area contributed by atoms with E-state index in [1.54, 1.807) is 62.4 Å². The third-order valence-electron chi connectivity index (χ3n) is 12.7. The van der Waals surface area contributed by atoms with E-state index in [-0.39, 0.29) is 58.6 Å². The Morgan fingerprint density at radius 2 is 1.24 bits per heavy atom. The average molecular weight is 1030 g/mol. The summed E-state index contributed by atoms with van der Waals surface area (Å²) in [4.78, 5) is 37.6. The van der Waals surface area contributed by atoms with Crippen molar-refractivity contribution in [2.24, 2.45) is 5.92 Å². The first kappa shape index (κ1) is 56.6. The van der Waals surface area contributed by atoms with Gasteiger partial charge < -0.3 is 35.2 Å². The summed E-state index contributed by atoms with van der Waals surface area (Å²) >= 11 is 1.62. The van der Waals surface area contributed by atoms with Gasteiger partial charge in [0.25, 0.3) is 5.69 Å². The van der Waals surface area contributed by atoms with E-state index in [4.69, 9.17) is 9.47 Å². The molecule has 1 aliphatic carbocycles. The third kappa shape index (κ3) is 14.3. The Labute approximate surface area is 442 Å². The Hall–Kier alpha value is -7.68. The Kier molecular flexibility index (Phi) is 20.4. The second-order valence-corrected chi connectivity index (χ2v) is 19.7. The molecule has 9 rings (SSSR count). The largest absolute Gasteiger partial charge is 0.507 e. The number of fused-ring (bicyclic) bond motifs is 3. The average Bonchev–Trinajstić information content (AvgIpc) is 3.97. The van der Waals surface area contributed by atoms with Crippen LogP contribution in [0, 0.1) is 16.0 Å². The number of nitro benzene ring substituents is 1. The number of nitrogens with zero attached hydrogens (tertiary/aromatic N) is 1. The standard InChI is InChI=1S/C21H25NO6.C20H14O2.C12H12O.C9H15NOS/c1-12(2)11-28-21(24)18-14(4)10-13(3)17(20(23)27-5)19(18)15-8-6-7-9-16(15)22(25)26;21-17-11-9-13-5-1-3-7-15(13)19(17)20-16-8-4-2-6-14(16)10-12-18(20)22;1-9(13)11-7-6-10-4-2-3-5-12(10)8-11;1-10-6-2-4-8(11)9-5-3-7-12-9/h6-9,12,19H,10-11H2,1-5H3;1-12,21-22H;2-9,13H,1H3;3,5,7-8,10-11H,2,4,6H2,1H3. The maximum Gasteiger partial charge on any atom is 0.334 e. The molecule has 0 radical (unpaired) electrons. The van der Waals surface area contributed by atoms with Crippen molar-refractivity contribution in [1.82, 2.24) is 5.32 Å². The molecule has 8 aromatic rings. The normalized spacial score (nSPS) is 14.0. The molecule has 3 atom stereocenters. The summed E-state index contributed by atoms with van der Waals surface area (Å²) in [5, 5.41) is 62.8. The van der Waals surface area contributed by atoms with Crippen LogP contribution in [0.25, 0.3) is 43.4 Å². The Morgan fingerprint density at radius 1 is 0.707 bits per heavy atom. The van der Waals surface area contributed by atoms with Crippen molar-refractivity contribution in [3.05, 3.63) is 205 Å². The Morgan fingerprint density at radius 3 is 1.77 bits per heavy atom. The third-order valence-corrected chi connectivity index (χ3v) is 13.7. The molecule has 0 fully saturated rings. The fourth-order valence-corrected chi connectivity index (χ4v) is 9.80. The first-order valence-corrected chi connectivity index (χ1v) is 25.8. The zero-order chi connectivity index (χ0) is 54.2. The zero-order valence-corrected chi connectivity index (χ0v) is 44.3. The molecule has 12 nitrogen and oxygen atoms in total. The molecule has 7 aromatic carbocycles. The SMILES string of the molecule is CC(O)c1ccc2ccccc2c1.CNCCCC(O)c1cccs1.COC(=O)C1=C(C)CC(C)=C(C(=O)OCC(C)C)C1c1ccccc1[N+](=O)[O-].Oc1ccc2ccccc2c1-c1c(O)ccc2ccccc12. The van der Waals surface area contributed by atoms with E-state index < -0.39 is 22.8 Å².